The van der Waals surface area contributed by atoms with Crippen molar-refractivity contribution < 1.29 is 9.15 Å². The Morgan fingerprint density at radius 3 is 1.98 bits per heavy atom. The summed E-state index contributed by atoms with van der Waals surface area (Å²) >= 11 is 0. The first-order valence-corrected chi connectivity index (χ1v) is 13.6. The molecule has 9 rings (SSSR count). The predicted octanol–water partition coefficient (Wildman–Crippen LogP) is 9.80. The maximum Gasteiger partial charge on any atom is 0.137 e. The molecule has 7 aromatic rings. The van der Waals surface area contributed by atoms with Crippen LogP contribution < -0.4 is 10.1 Å². The molecule has 1 spiro atoms. The van der Waals surface area contributed by atoms with Crippen molar-refractivity contribution in [3.8, 4) is 22.6 Å². The number of rotatable bonds is 2. The molecule has 3 heteroatoms. The summed E-state index contributed by atoms with van der Waals surface area (Å²) in [6.45, 7) is 0. The van der Waals surface area contributed by atoms with E-state index in [4.69, 9.17) is 9.15 Å². The van der Waals surface area contributed by atoms with Gasteiger partial charge in [-0.25, -0.2) is 0 Å². The average molecular weight is 514 g/mol. The summed E-state index contributed by atoms with van der Waals surface area (Å²) < 4.78 is 12.7. The van der Waals surface area contributed by atoms with Crippen LogP contribution in [0.3, 0.4) is 0 Å². The third-order valence-electron chi connectivity index (χ3n) is 8.52. The zero-order valence-electron chi connectivity index (χ0n) is 21.5. The van der Waals surface area contributed by atoms with Gasteiger partial charge >= 0.3 is 0 Å². The zero-order chi connectivity index (χ0) is 26.3. The molecular weight excluding hydrogens is 490 g/mol. The number of fused-ring (bicyclic) bond motifs is 12. The van der Waals surface area contributed by atoms with E-state index in [1.165, 1.54) is 22.3 Å². The van der Waals surface area contributed by atoms with Crippen molar-refractivity contribution >= 4 is 33.3 Å². The third-order valence-corrected chi connectivity index (χ3v) is 8.52. The van der Waals surface area contributed by atoms with Crippen molar-refractivity contribution in [3.63, 3.8) is 0 Å². The average Bonchev–Trinajstić information content (AvgIpc) is 3.52. The first-order valence-electron chi connectivity index (χ1n) is 13.6. The molecule has 0 fully saturated rings. The lowest BCUT2D eigenvalue weighted by atomic mass is 9.65. The smallest absolute Gasteiger partial charge is 0.137 e. The van der Waals surface area contributed by atoms with E-state index in [1.54, 1.807) is 0 Å². The van der Waals surface area contributed by atoms with Gasteiger partial charge in [0.2, 0.25) is 0 Å². The SMILES string of the molecule is c1ccc2c(c1)Oc1ccccc1C21c2ccccc2-c2cccc(Nc3ccc4c(c3)oc3ccccc34)c21. The van der Waals surface area contributed by atoms with Crippen molar-refractivity contribution in [1.29, 1.82) is 0 Å². The van der Waals surface area contributed by atoms with Crippen LogP contribution in [0.25, 0.3) is 33.1 Å². The second kappa shape index (κ2) is 7.87. The highest BCUT2D eigenvalue weighted by molar-refractivity contribution is 6.06. The minimum absolute atomic E-state index is 0.523. The summed E-state index contributed by atoms with van der Waals surface area (Å²) in [7, 11) is 0. The normalized spacial score (nSPS) is 13.9. The first-order chi connectivity index (χ1) is 19.8. The van der Waals surface area contributed by atoms with Crippen LogP contribution in [0.2, 0.25) is 0 Å². The number of ether oxygens (including phenoxy) is 1. The molecule has 188 valence electrons. The Balaban J connectivity index is 1.32. The summed E-state index contributed by atoms with van der Waals surface area (Å²) in [5.74, 6) is 1.78. The van der Waals surface area contributed by atoms with Gasteiger partial charge in [0.1, 0.15) is 22.7 Å². The minimum Gasteiger partial charge on any atom is -0.457 e. The molecule has 3 nitrogen and oxygen atoms in total. The predicted molar refractivity (Wildman–Crippen MR) is 161 cm³/mol. The Bertz CT molecular complexity index is 2090. The van der Waals surface area contributed by atoms with Gasteiger partial charge in [-0.05, 0) is 53.1 Å². The van der Waals surface area contributed by atoms with E-state index in [-0.39, 0.29) is 0 Å². The highest BCUT2D eigenvalue weighted by atomic mass is 16.5. The zero-order valence-corrected chi connectivity index (χ0v) is 21.5. The van der Waals surface area contributed by atoms with E-state index in [2.05, 4.69) is 127 Å². The highest BCUT2D eigenvalue weighted by Gasteiger charge is 2.52. The van der Waals surface area contributed by atoms with Crippen LogP contribution in [0.1, 0.15) is 22.3 Å². The summed E-state index contributed by atoms with van der Waals surface area (Å²) in [5.41, 5.74) is 10.6. The van der Waals surface area contributed by atoms with Crippen LogP contribution in [0.5, 0.6) is 11.5 Å². The van der Waals surface area contributed by atoms with Crippen LogP contribution in [0.15, 0.2) is 138 Å². The van der Waals surface area contributed by atoms with E-state index in [0.29, 0.717) is 0 Å². The van der Waals surface area contributed by atoms with Gasteiger partial charge in [0, 0.05) is 44.9 Å². The van der Waals surface area contributed by atoms with Crippen molar-refractivity contribution in [2.24, 2.45) is 0 Å². The van der Waals surface area contributed by atoms with E-state index in [1.807, 2.05) is 12.1 Å². The Kier molecular flexibility index (Phi) is 4.26. The first kappa shape index (κ1) is 21.6. The fourth-order valence-electron chi connectivity index (χ4n) is 6.98. The van der Waals surface area contributed by atoms with Gasteiger partial charge in [-0.15, -0.1) is 0 Å². The maximum absolute atomic E-state index is 6.50. The molecule has 1 N–H and O–H groups in total. The molecule has 0 unspecified atom stereocenters. The Morgan fingerprint density at radius 1 is 0.500 bits per heavy atom. The molecule has 1 aromatic heterocycles. The number of furan rings is 1. The number of hydrogen-bond acceptors (Lipinski definition) is 3. The van der Waals surface area contributed by atoms with E-state index in [9.17, 15) is 0 Å². The fraction of sp³-hybridized carbons (Fsp3) is 0.0270. The van der Waals surface area contributed by atoms with Crippen molar-refractivity contribution in [1.82, 2.24) is 0 Å². The van der Waals surface area contributed by atoms with Gasteiger partial charge < -0.3 is 14.5 Å². The largest absolute Gasteiger partial charge is 0.457 e. The van der Waals surface area contributed by atoms with E-state index < -0.39 is 5.41 Å². The van der Waals surface area contributed by atoms with Gasteiger partial charge in [-0.2, -0.15) is 0 Å². The maximum atomic E-state index is 6.50. The minimum atomic E-state index is -0.523. The second-order valence-electron chi connectivity index (χ2n) is 10.6. The topological polar surface area (TPSA) is 34.4 Å². The van der Waals surface area contributed by atoms with Crippen LogP contribution in [0, 0.1) is 0 Å². The van der Waals surface area contributed by atoms with Gasteiger partial charge in [0.25, 0.3) is 0 Å². The Morgan fingerprint density at radius 2 is 1.15 bits per heavy atom. The van der Waals surface area contributed by atoms with E-state index >= 15 is 0 Å². The Hall–Kier alpha value is -5.28. The molecule has 0 saturated heterocycles. The number of nitrogens with one attached hydrogen (secondary N) is 1. The summed E-state index contributed by atoms with van der Waals surface area (Å²) in [4.78, 5) is 0. The molecule has 6 aromatic carbocycles. The van der Waals surface area contributed by atoms with Crippen LogP contribution in [-0.2, 0) is 5.41 Å². The summed E-state index contributed by atoms with van der Waals surface area (Å²) in [5, 5.41) is 6.06. The molecular formula is C37H23NO2. The molecule has 0 radical (unpaired) electrons. The summed E-state index contributed by atoms with van der Waals surface area (Å²) in [6, 6.07) is 46.9. The third kappa shape index (κ3) is 2.73. The molecule has 1 aliphatic carbocycles. The van der Waals surface area contributed by atoms with Crippen LogP contribution in [0.4, 0.5) is 11.4 Å². The Labute approximate surface area is 231 Å². The molecule has 40 heavy (non-hydrogen) atoms. The molecule has 0 bridgehead atoms. The van der Waals surface area contributed by atoms with Crippen LogP contribution >= 0.6 is 0 Å². The fourth-order valence-corrected chi connectivity index (χ4v) is 6.98. The number of anilines is 2. The standard InChI is InChI=1S/C37H23NO2/c1-3-13-28-24(10-1)27-12-9-16-31(38-23-20-21-26-25-11-2-6-17-32(25)39-35(26)22-23)36(27)37(28)29-14-4-7-18-33(29)40-34-19-8-5-15-30(34)37/h1-22,38H. The molecule has 0 saturated carbocycles. The lowest BCUT2D eigenvalue weighted by molar-refractivity contribution is 0.436. The molecule has 2 aliphatic rings. The van der Waals surface area contributed by atoms with Gasteiger partial charge in [-0.1, -0.05) is 91.0 Å². The summed E-state index contributed by atoms with van der Waals surface area (Å²) in [6.07, 6.45) is 0. The van der Waals surface area contributed by atoms with Crippen molar-refractivity contribution in [2.75, 3.05) is 5.32 Å². The quantitative estimate of drug-likeness (QED) is 0.250. The van der Waals surface area contributed by atoms with Gasteiger partial charge in [0.15, 0.2) is 0 Å². The van der Waals surface area contributed by atoms with E-state index in [0.717, 1.165) is 55.9 Å². The van der Waals surface area contributed by atoms with Gasteiger partial charge in [-0.3, -0.25) is 0 Å². The molecule has 0 atom stereocenters. The molecule has 2 heterocycles. The van der Waals surface area contributed by atoms with Crippen LogP contribution in [-0.4, -0.2) is 0 Å². The second-order valence-corrected chi connectivity index (χ2v) is 10.6. The van der Waals surface area contributed by atoms with Crippen molar-refractivity contribution in [3.05, 3.63) is 156 Å². The molecule has 0 amide bonds. The number of hydrogen-bond donors (Lipinski definition) is 1. The van der Waals surface area contributed by atoms with Crippen molar-refractivity contribution in [2.45, 2.75) is 5.41 Å². The monoisotopic (exact) mass is 513 g/mol. The number of para-hydroxylation sites is 3. The van der Waals surface area contributed by atoms with Gasteiger partial charge in [0.05, 0.1) is 5.41 Å². The lowest BCUT2D eigenvalue weighted by Crippen LogP contribution is -2.32. The molecule has 1 aliphatic heterocycles. The lowest BCUT2D eigenvalue weighted by Gasteiger charge is -2.40. The highest BCUT2D eigenvalue weighted by Crippen LogP contribution is 2.63. The number of benzene rings is 6.